The van der Waals surface area contributed by atoms with Gasteiger partial charge in [-0.25, -0.2) is 4.68 Å². The van der Waals surface area contributed by atoms with Crippen molar-refractivity contribution in [3.05, 3.63) is 59.8 Å². The molecular weight excluding hydrogens is 278 g/mol. The van der Waals surface area contributed by atoms with E-state index in [0.717, 1.165) is 23.9 Å². The SMILES string of the molecule is NC(=O)c1cccc2cn(-c3ccc(CCCO)cc3)nc12. The van der Waals surface area contributed by atoms with Crippen LogP contribution < -0.4 is 5.73 Å². The molecule has 3 N–H and O–H groups in total. The monoisotopic (exact) mass is 295 g/mol. The molecule has 2 aromatic carbocycles. The Bertz CT molecular complexity index is 806. The second-order valence-corrected chi connectivity index (χ2v) is 5.17. The summed E-state index contributed by atoms with van der Waals surface area (Å²) in [5, 5.41) is 14.2. The van der Waals surface area contributed by atoms with Gasteiger partial charge in [-0.3, -0.25) is 4.79 Å². The highest BCUT2D eigenvalue weighted by atomic mass is 16.2. The van der Waals surface area contributed by atoms with Crippen LogP contribution in [0, 0.1) is 0 Å². The Labute approximate surface area is 128 Å². The zero-order chi connectivity index (χ0) is 15.5. The highest BCUT2D eigenvalue weighted by Crippen LogP contribution is 2.19. The second-order valence-electron chi connectivity index (χ2n) is 5.17. The molecule has 0 unspecified atom stereocenters. The molecule has 3 rings (SSSR count). The van der Waals surface area contributed by atoms with E-state index in [0.29, 0.717) is 11.1 Å². The van der Waals surface area contributed by atoms with Crippen molar-refractivity contribution in [3.8, 4) is 5.69 Å². The lowest BCUT2D eigenvalue weighted by Crippen LogP contribution is -2.11. The molecule has 22 heavy (non-hydrogen) atoms. The number of rotatable bonds is 5. The Balaban J connectivity index is 1.96. The number of primary amides is 1. The third-order valence-electron chi connectivity index (χ3n) is 3.63. The summed E-state index contributed by atoms with van der Waals surface area (Å²) in [7, 11) is 0. The molecule has 0 atom stereocenters. The molecule has 0 radical (unpaired) electrons. The number of aromatic nitrogens is 2. The number of nitrogens with two attached hydrogens (primary N) is 1. The Hall–Kier alpha value is -2.66. The van der Waals surface area contributed by atoms with Gasteiger partial charge in [-0.2, -0.15) is 5.10 Å². The van der Waals surface area contributed by atoms with Gasteiger partial charge in [-0.05, 0) is 36.6 Å². The van der Waals surface area contributed by atoms with Crippen molar-refractivity contribution in [1.82, 2.24) is 9.78 Å². The molecule has 0 bridgehead atoms. The topological polar surface area (TPSA) is 81.1 Å². The van der Waals surface area contributed by atoms with Crippen LogP contribution in [0.3, 0.4) is 0 Å². The van der Waals surface area contributed by atoms with Crippen LogP contribution >= 0.6 is 0 Å². The normalized spacial score (nSPS) is 11.0. The molecule has 0 fully saturated rings. The molecule has 112 valence electrons. The molecule has 3 aromatic rings. The number of hydrogen-bond donors (Lipinski definition) is 2. The van der Waals surface area contributed by atoms with Crippen LogP contribution in [-0.2, 0) is 6.42 Å². The van der Waals surface area contributed by atoms with E-state index in [1.54, 1.807) is 16.8 Å². The van der Waals surface area contributed by atoms with Crippen molar-refractivity contribution in [1.29, 1.82) is 0 Å². The summed E-state index contributed by atoms with van der Waals surface area (Å²) < 4.78 is 1.74. The third-order valence-corrected chi connectivity index (χ3v) is 3.63. The van der Waals surface area contributed by atoms with Crippen LogP contribution in [0.4, 0.5) is 0 Å². The molecule has 0 aliphatic carbocycles. The van der Waals surface area contributed by atoms with Gasteiger partial charge in [-0.15, -0.1) is 0 Å². The van der Waals surface area contributed by atoms with Crippen molar-refractivity contribution < 1.29 is 9.90 Å². The van der Waals surface area contributed by atoms with Gasteiger partial charge in [0.1, 0.15) is 5.52 Å². The van der Waals surface area contributed by atoms with Gasteiger partial charge in [0.25, 0.3) is 5.91 Å². The first-order valence-corrected chi connectivity index (χ1v) is 7.17. The standard InChI is InChI=1S/C17H17N3O2/c18-17(22)15-5-1-4-13-11-20(19-16(13)15)14-8-6-12(7-9-14)3-2-10-21/h1,4-9,11,21H,2-3,10H2,(H2,18,22). The van der Waals surface area contributed by atoms with Crippen molar-refractivity contribution in [2.24, 2.45) is 5.73 Å². The Morgan fingerprint density at radius 2 is 1.95 bits per heavy atom. The molecule has 1 amide bonds. The minimum absolute atomic E-state index is 0.197. The van der Waals surface area contributed by atoms with Crippen LogP contribution in [0.2, 0.25) is 0 Å². The molecule has 0 spiro atoms. The molecule has 0 aliphatic heterocycles. The minimum Gasteiger partial charge on any atom is -0.396 e. The van der Waals surface area contributed by atoms with E-state index in [-0.39, 0.29) is 6.61 Å². The number of benzene rings is 2. The van der Waals surface area contributed by atoms with Gasteiger partial charge in [0, 0.05) is 18.2 Å². The number of nitrogens with zero attached hydrogens (tertiary/aromatic N) is 2. The number of amides is 1. The third kappa shape index (κ3) is 2.71. The number of aliphatic hydroxyl groups excluding tert-OH is 1. The smallest absolute Gasteiger partial charge is 0.250 e. The van der Waals surface area contributed by atoms with E-state index in [2.05, 4.69) is 5.10 Å². The maximum Gasteiger partial charge on any atom is 0.250 e. The van der Waals surface area contributed by atoms with E-state index in [1.807, 2.05) is 36.5 Å². The van der Waals surface area contributed by atoms with Crippen LogP contribution in [0.25, 0.3) is 16.6 Å². The maximum atomic E-state index is 11.5. The summed E-state index contributed by atoms with van der Waals surface area (Å²) >= 11 is 0. The average Bonchev–Trinajstić information content (AvgIpc) is 2.97. The fourth-order valence-electron chi connectivity index (χ4n) is 2.48. The van der Waals surface area contributed by atoms with Crippen molar-refractivity contribution >= 4 is 16.8 Å². The van der Waals surface area contributed by atoms with E-state index >= 15 is 0 Å². The summed E-state index contributed by atoms with van der Waals surface area (Å²) in [6.45, 7) is 0.197. The lowest BCUT2D eigenvalue weighted by Gasteiger charge is -2.03. The van der Waals surface area contributed by atoms with Gasteiger partial charge in [0.05, 0.1) is 11.3 Å². The first-order valence-electron chi connectivity index (χ1n) is 7.17. The molecule has 1 aromatic heterocycles. The minimum atomic E-state index is -0.477. The van der Waals surface area contributed by atoms with Crippen LogP contribution in [-0.4, -0.2) is 27.4 Å². The van der Waals surface area contributed by atoms with E-state index < -0.39 is 5.91 Å². The molecular formula is C17H17N3O2. The number of hydrogen-bond acceptors (Lipinski definition) is 3. The number of aliphatic hydroxyl groups is 1. The van der Waals surface area contributed by atoms with Crippen molar-refractivity contribution in [3.63, 3.8) is 0 Å². The summed E-state index contributed by atoms with van der Waals surface area (Å²) in [5.41, 5.74) is 8.51. The number of fused-ring (bicyclic) bond motifs is 1. The number of carbonyl (C=O) groups excluding carboxylic acids is 1. The second kappa shape index (κ2) is 5.99. The highest BCUT2D eigenvalue weighted by molar-refractivity contribution is 6.04. The zero-order valence-corrected chi connectivity index (χ0v) is 12.1. The Morgan fingerprint density at radius 1 is 1.18 bits per heavy atom. The Kier molecular flexibility index (Phi) is 3.89. The zero-order valence-electron chi connectivity index (χ0n) is 12.1. The molecule has 5 heteroatoms. The van der Waals surface area contributed by atoms with Gasteiger partial charge >= 0.3 is 0 Å². The van der Waals surface area contributed by atoms with Gasteiger partial charge in [-0.1, -0.05) is 24.3 Å². The van der Waals surface area contributed by atoms with Crippen LogP contribution in [0.1, 0.15) is 22.3 Å². The predicted octanol–water partition coefficient (Wildman–Crippen LogP) is 2.05. The predicted molar refractivity (Wildman–Crippen MR) is 85.0 cm³/mol. The maximum absolute atomic E-state index is 11.5. The quantitative estimate of drug-likeness (QED) is 0.756. The average molecular weight is 295 g/mol. The van der Waals surface area contributed by atoms with Gasteiger partial charge < -0.3 is 10.8 Å². The van der Waals surface area contributed by atoms with Crippen LogP contribution in [0.15, 0.2) is 48.7 Å². The lowest BCUT2D eigenvalue weighted by atomic mass is 10.1. The van der Waals surface area contributed by atoms with Crippen molar-refractivity contribution in [2.45, 2.75) is 12.8 Å². The van der Waals surface area contributed by atoms with E-state index in [4.69, 9.17) is 10.8 Å². The fourth-order valence-corrected chi connectivity index (χ4v) is 2.48. The van der Waals surface area contributed by atoms with Gasteiger partial charge in [0.2, 0.25) is 0 Å². The highest BCUT2D eigenvalue weighted by Gasteiger charge is 2.10. The van der Waals surface area contributed by atoms with E-state index in [9.17, 15) is 4.79 Å². The molecule has 1 heterocycles. The van der Waals surface area contributed by atoms with Gasteiger partial charge in [0.15, 0.2) is 0 Å². The first-order chi connectivity index (χ1) is 10.7. The van der Waals surface area contributed by atoms with Crippen molar-refractivity contribution in [2.75, 3.05) is 6.61 Å². The molecule has 0 aliphatic rings. The summed E-state index contributed by atoms with van der Waals surface area (Å²) in [6, 6.07) is 13.4. The fraction of sp³-hybridized carbons (Fsp3) is 0.176. The largest absolute Gasteiger partial charge is 0.396 e. The molecule has 0 saturated carbocycles. The first kappa shape index (κ1) is 14.3. The van der Waals surface area contributed by atoms with Crippen LogP contribution in [0.5, 0.6) is 0 Å². The molecule has 5 nitrogen and oxygen atoms in total. The molecule has 0 saturated heterocycles. The summed E-state index contributed by atoms with van der Waals surface area (Å²) in [4.78, 5) is 11.5. The number of aryl methyl sites for hydroxylation is 1. The lowest BCUT2D eigenvalue weighted by molar-refractivity contribution is 0.100. The Morgan fingerprint density at radius 3 is 2.64 bits per heavy atom. The van der Waals surface area contributed by atoms with E-state index in [1.165, 1.54) is 5.56 Å². The number of carbonyl (C=O) groups is 1. The summed E-state index contributed by atoms with van der Waals surface area (Å²) in [6.07, 6.45) is 3.49. The summed E-state index contributed by atoms with van der Waals surface area (Å²) in [5.74, 6) is -0.477.